The summed E-state index contributed by atoms with van der Waals surface area (Å²) in [5, 5.41) is 0. The van der Waals surface area contributed by atoms with Gasteiger partial charge in [-0.3, -0.25) is 0 Å². The maximum Gasteiger partial charge on any atom is 0.343 e. The van der Waals surface area contributed by atoms with Crippen LogP contribution in [0.25, 0.3) is 0 Å². The summed E-state index contributed by atoms with van der Waals surface area (Å²) in [4.78, 5) is 12.1. The standard InChI is InChI=1S/C17H17BrO4/c1-12-3-8-16(15(18)11-12)22-17(19)13-4-6-14(7-5-13)21-10-9-20-2/h3-8,11H,9-10H2,1-2H3. The topological polar surface area (TPSA) is 44.8 Å². The average molecular weight is 365 g/mol. The van der Waals surface area contributed by atoms with Crippen LogP contribution in [0.2, 0.25) is 0 Å². The molecule has 0 spiro atoms. The van der Waals surface area contributed by atoms with Crippen LogP contribution in [0, 0.1) is 6.92 Å². The van der Waals surface area contributed by atoms with Gasteiger partial charge in [-0.25, -0.2) is 4.79 Å². The largest absolute Gasteiger partial charge is 0.491 e. The summed E-state index contributed by atoms with van der Waals surface area (Å²) >= 11 is 3.39. The van der Waals surface area contributed by atoms with E-state index in [4.69, 9.17) is 14.2 Å². The number of methoxy groups -OCH3 is 1. The molecule has 4 nitrogen and oxygen atoms in total. The van der Waals surface area contributed by atoms with Gasteiger partial charge < -0.3 is 14.2 Å². The van der Waals surface area contributed by atoms with Crippen molar-refractivity contribution in [3.63, 3.8) is 0 Å². The van der Waals surface area contributed by atoms with Crippen LogP contribution in [0.5, 0.6) is 11.5 Å². The van der Waals surface area contributed by atoms with E-state index in [2.05, 4.69) is 15.9 Å². The Bertz CT molecular complexity index is 638. The highest BCUT2D eigenvalue weighted by atomic mass is 79.9. The van der Waals surface area contributed by atoms with Gasteiger partial charge in [-0.2, -0.15) is 0 Å². The molecule has 0 amide bonds. The van der Waals surface area contributed by atoms with E-state index in [1.807, 2.05) is 19.1 Å². The maximum absolute atomic E-state index is 12.1. The molecule has 2 aromatic rings. The fourth-order valence-corrected chi connectivity index (χ4v) is 2.35. The van der Waals surface area contributed by atoms with Crippen LogP contribution in [0.4, 0.5) is 0 Å². The number of halogens is 1. The van der Waals surface area contributed by atoms with E-state index in [0.717, 1.165) is 10.0 Å². The fraction of sp³-hybridized carbons (Fsp3) is 0.235. The van der Waals surface area contributed by atoms with E-state index < -0.39 is 5.97 Å². The summed E-state index contributed by atoms with van der Waals surface area (Å²) < 4.78 is 16.5. The number of carbonyl (C=O) groups is 1. The summed E-state index contributed by atoms with van der Waals surface area (Å²) in [5.74, 6) is 0.772. The van der Waals surface area contributed by atoms with Gasteiger partial charge in [0.2, 0.25) is 0 Å². The quantitative estimate of drug-likeness (QED) is 0.441. The Morgan fingerprint density at radius 2 is 1.82 bits per heavy atom. The minimum atomic E-state index is -0.409. The van der Waals surface area contributed by atoms with Crippen LogP contribution in [0.3, 0.4) is 0 Å². The first-order valence-corrected chi connectivity index (χ1v) is 7.59. The van der Waals surface area contributed by atoms with Gasteiger partial charge in [0, 0.05) is 7.11 Å². The minimum Gasteiger partial charge on any atom is -0.491 e. The van der Waals surface area contributed by atoms with Gasteiger partial charge in [-0.1, -0.05) is 6.07 Å². The van der Waals surface area contributed by atoms with Crippen LogP contribution < -0.4 is 9.47 Å². The maximum atomic E-state index is 12.1. The second-order valence-corrected chi connectivity index (χ2v) is 5.54. The fourth-order valence-electron chi connectivity index (χ4n) is 1.78. The molecule has 0 aromatic heterocycles. The third-order valence-electron chi connectivity index (χ3n) is 2.94. The van der Waals surface area contributed by atoms with Crippen molar-refractivity contribution in [3.05, 3.63) is 58.1 Å². The molecule has 5 heteroatoms. The van der Waals surface area contributed by atoms with Gasteiger partial charge in [0.15, 0.2) is 0 Å². The molecule has 0 bridgehead atoms. The van der Waals surface area contributed by atoms with Crippen molar-refractivity contribution in [1.82, 2.24) is 0 Å². The van der Waals surface area contributed by atoms with Crippen LogP contribution in [-0.2, 0) is 4.74 Å². The number of hydrogen-bond donors (Lipinski definition) is 0. The molecule has 22 heavy (non-hydrogen) atoms. The van der Waals surface area contributed by atoms with Gasteiger partial charge >= 0.3 is 5.97 Å². The van der Waals surface area contributed by atoms with E-state index >= 15 is 0 Å². The molecular weight excluding hydrogens is 348 g/mol. The third kappa shape index (κ3) is 4.58. The summed E-state index contributed by atoms with van der Waals surface area (Å²) in [6, 6.07) is 12.4. The molecule has 0 saturated carbocycles. The van der Waals surface area contributed by atoms with E-state index in [9.17, 15) is 4.79 Å². The zero-order chi connectivity index (χ0) is 15.9. The first kappa shape index (κ1) is 16.5. The number of rotatable bonds is 6. The Morgan fingerprint density at radius 1 is 1.09 bits per heavy atom. The Hall–Kier alpha value is -1.85. The van der Waals surface area contributed by atoms with Crippen molar-refractivity contribution in [3.8, 4) is 11.5 Å². The Kier molecular flexibility index (Phi) is 5.98. The molecule has 0 aliphatic carbocycles. The molecule has 2 aromatic carbocycles. The number of aryl methyl sites for hydroxylation is 1. The van der Waals surface area contributed by atoms with Crippen LogP contribution in [0.15, 0.2) is 46.9 Å². The molecule has 0 N–H and O–H groups in total. The lowest BCUT2D eigenvalue weighted by Crippen LogP contribution is -2.09. The molecule has 0 atom stereocenters. The molecule has 0 fully saturated rings. The highest BCUT2D eigenvalue weighted by Gasteiger charge is 2.11. The summed E-state index contributed by atoms with van der Waals surface area (Å²) in [7, 11) is 1.62. The van der Waals surface area contributed by atoms with Crippen LogP contribution in [0.1, 0.15) is 15.9 Å². The van der Waals surface area contributed by atoms with E-state index in [1.165, 1.54) is 0 Å². The summed E-state index contributed by atoms with van der Waals surface area (Å²) in [6.07, 6.45) is 0. The lowest BCUT2D eigenvalue weighted by Gasteiger charge is -2.08. The van der Waals surface area contributed by atoms with Crippen molar-refractivity contribution < 1.29 is 19.0 Å². The van der Waals surface area contributed by atoms with Gasteiger partial charge in [-0.15, -0.1) is 0 Å². The molecule has 0 saturated heterocycles. The number of hydrogen-bond acceptors (Lipinski definition) is 4. The lowest BCUT2D eigenvalue weighted by atomic mass is 10.2. The van der Waals surface area contributed by atoms with Crippen LogP contribution >= 0.6 is 15.9 Å². The number of carbonyl (C=O) groups excluding carboxylic acids is 1. The van der Waals surface area contributed by atoms with Crippen molar-refractivity contribution >= 4 is 21.9 Å². The monoisotopic (exact) mass is 364 g/mol. The second kappa shape index (κ2) is 7.96. The highest BCUT2D eigenvalue weighted by Crippen LogP contribution is 2.26. The number of ether oxygens (including phenoxy) is 3. The molecule has 0 heterocycles. The lowest BCUT2D eigenvalue weighted by molar-refractivity contribution is 0.0733. The van der Waals surface area contributed by atoms with Crippen LogP contribution in [-0.4, -0.2) is 26.3 Å². The zero-order valence-corrected chi connectivity index (χ0v) is 14.1. The van der Waals surface area contributed by atoms with Crippen molar-refractivity contribution in [1.29, 1.82) is 0 Å². The summed E-state index contributed by atoms with van der Waals surface area (Å²) in [5.41, 5.74) is 1.55. The average Bonchev–Trinajstić information content (AvgIpc) is 2.51. The van der Waals surface area contributed by atoms with Gasteiger partial charge in [0.1, 0.15) is 18.1 Å². The molecule has 0 unspecified atom stereocenters. The SMILES string of the molecule is COCCOc1ccc(C(=O)Oc2ccc(C)cc2Br)cc1. The first-order valence-electron chi connectivity index (χ1n) is 6.80. The zero-order valence-electron chi connectivity index (χ0n) is 12.5. The van der Waals surface area contributed by atoms with Gasteiger partial charge in [0.05, 0.1) is 16.6 Å². The molecule has 116 valence electrons. The van der Waals surface area contributed by atoms with E-state index in [0.29, 0.717) is 30.3 Å². The molecule has 0 radical (unpaired) electrons. The third-order valence-corrected chi connectivity index (χ3v) is 3.56. The second-order valence-electron chi connectivity index (χ2n) is 4.69. The first-order chi connectivity index (χ1) is 10.6. The van der Waals surface area contributed by atoms with Gasteiger partial charge in [0.25, 0.3) is 0 Å². The molecule has 0 aliphatic heterocycles. The van der Waals surface area contributed by atoms with Gasteiger partial charge in [-0.05, 0) is 64.8 Å². The van der Waals surface area contributed by atoms with E-state index in [-0.39, 0.29) is 0 Å². The minimum absolute atomic E-state index is 0.409. The summed E-state index contributed by atoms with van der Waals surface area (Å²) in [6.45, 7) is 2.96. The van der Waals surface area contributed by atoms with Crippen molar-refractivity contribution in [2.45, 2.75) is 6.92 Å². The Balaban J connectivity index is 2.00. The normalized spacial score (nSPS) is 10.3. The predicted molar refractivity (Wildman–Crippen MR) is 87.7 cm³/mol. The Morgan fingerprint density at radius 3 is 2.45 bits per heavy atom. The van der Waals surface area contributed by atoms with Crippen molar-refractivity contribution in [2.24, 2.45) is 0 Å². The molecule has 0 aliphatic rings. The highest BCUT2D eigenvalue weighted by molar-refractivity contribution is 9.10. The number of esters is 1. The Labute approximate surface area is 138 Å². The number of benzene rings is 2. The smallest absolute Gasteiger partial charge is 0.343 e. The van der Waals surface area contributed by atoms with E-state index in [1.54, 1.807) is 37.4 Å². The van der Waals surface area contributed by atoms with Crippen molar-refractivity contribution in [2.75, 3.05) is 20.3 Å². The molecule has 2 rings (SSSR count). The predicted octanol–water partition coefficient (Wildman–Crippen LogP) is 4.00. The molecular formula is C17H17BrO4.